The van der Waals surface area contributed by atoms with Gasteiger partial charge in [0.25, 0.3) is 0 Å². The van der Waals surface area contributed by atoms with Gasteiger partial charge >= 0.3 is 6.01 Å². The van der Waals surface area contributed by atoms with Gasteiger partial charge in [-0.15, -0.1) is 16.4 Å². The third-order valence-corrected chi connectivity index (χ3v) is 16.9. The third-order valence-electron chi connectivity index (χ3n) is 15.9. The molecule has 8 aromatic rings. The first-order valence-corrected chi connectivity index (χ1v) is 28.2. The molecule has 0 spiro atoms. The molecule has 0 radical (unpaired) electrons. The predicted molar refractivity (Wildman–Crippen MR) is 303 cm³/mol. The van der Waals surface area contributed by atoms with Gasteiger partial charge in [0.05, 0.1) is 58.8 Å². The number of benzene rings is 4. The topological polar surface area (TPSA) is 231 Å². The second kappa shape index (κ2) is 23.0. The van der Waals surface area contributed by atoms with E-state index in [-0.39, 0.29) is 74.5 Å². The molecule has 2 aliphatic heterocycles. The van der Waals surface area contributed by atoms with Gasteiger partial charge in [0.15, 0.2) is 5.75 Å². The summed E-state index contributed by atoms with van der Waals surface area (Å²) in [5, 5.41) is 45.6. The summed E-state index contributed by atoms with van der Waals surface area (Å²) in [6.45, 7) is 11.1. The summed E-state index contributed by atoms with van der Waals surface area (Å²) in [6.07, 6.45) is 5.20. The van der Waals surface area contributed by atoms with Crippen LogP contribution in [0.2, 0.25) is 0 Å². The molecule has 6 heterocycles. The zero-order valence-corrected chi connectivity index (χ0v) is 46.8. The quantitative estimate of drug-likeness (QED) is 0.0487. The number of hydrogen-bond acceptors (Lipinski definition) is 16. The van der Waals surface area contributed by atoms with Gasteiger partial charge in [-0.2, -0.15) is 15.1 Å². The molecule has 2 amide bonds. The number of methoxy groups -OCH3 is 1. The number of likely N-dealkylation sites (N-methyl/N-ethyl adjacent to an activating group) is 1. The summed E-state index contributed by atoms with van der Waals surface area (Å²) in [5.74, 6) is -0.113. The van der Waals surface area contributed by atoms with E-state index in [2.05, 4.69) is 54.1 Å². The molecule has 4 aromatic carbocycles. The number of carbonyl (C=O) groups excluding carboxylic acids is 2. The zero-order valence-electron chi connectivity index (χ0n) is 45.9. The Morgan fingerprint density at radius 2 is 1.76 bits per heavy atom. The Bertz CT molecular complexity index is 3540. The Labute approximate surface area is 466 Å². The van der Waals surface area contributed by atoms with Crippen LogP contribution in [0, 0.1) is 25.6 Å². The number of rotatable bonds is 20. The molecule has 5 N–H and O–H groups in total. The first kappa shape index (κ1) is 54.5. The fraction of sp³-hybridized carbons (Fsp3) is 0.424. The van der Waals surface area contributed by atoms with Crippen molar-refractivity contribution in [2.24, 2.45) is 5.92 Å². The van der Waals surface area contributed by atoms with Gasteiger partial charge < -0.3 is 44.9 Å². The lowest BCUT2D eigenvalue weighted by molar-refractivity contribution is -0.142. The monoisotopic (exact) mass is 1110 g/mol. The molecular weight excluding hydrogens is 1040 g/mol. The van der Waals surface area contributed by atoms with E-state index >= 15 is 4.39 Å². The molecule has 1 saturated carbocycles. The van der Waals surface area contributed by atoms with Crippen LogP contribution in [0.4, 0.5) is 10.2 Å². The van der Waals surface area contributed by atoms with Crippen molar-refractivity contribution in [3.8, 4) is 44.6 Å². The second-order valence-electron chi connectivity index (χ2n) is 21.8. The smallest absolute Gasteiger partial charge is 0.319 e. The van der Waals surface area contributed by atoms with Gasteiger partial charge in [0, 0.05) is 67.2 Å². The van der Waals surface area contributed by atoms with Crippen LogP contribution in [-0.2, 0) is 20.9 Å². The van der Waals surface area contributed by atoms with E-state index in [1.54, 1.807) is 31.9 Å². The Morgan fingerprint density at radius 3 is 2.45 bits per heavy atom. The fourth-order valence-electron chi connectivity index (χ4n) is 11.2. The van der Waals surface area contributed by atoms with Gasteiger partial charge in [0.2, 0.25) is 11.8 Å². The van der Waals surface area contributed by atoms with Crippen molar-refractivity contribution >= 4 is 50.8 Å². The largest absolute Gasteiger partial charge is 0.486 e. The number of β-amino-alcohol motifs (C(OH)–C–C–N with tert-alkyl or cyclic N) is 1. The van der Waals surface area contributed by atoms with Gasteiger partial charge in [0.1, 0.15) is 48.1 Å². The number of aromatic amines is 1. The third kappa shape index (κ3) is 10.8. The van der Waals surface area contributed by atoms with Crippen LogP contribution in [0.1, 0.15) is 92.4 Å². The first-order chi connectivity index (χ1) is 38.7. The number of aromatic nitrogens is 8. The van der Waals surface area contributed by atoms with E-state index in [9.17, 15) is 19.8 Å². The summed E-state index contributed by atoms with van der Waals surface area (Å²) in [5.41, 5.74) is 10.5. The molecule has 2 saturated heterocycles. The molecule has 3 aliphatic rings. The van der Waals surface area contributed by atoms with Gasteiger partial charge in [-0.05, 0) is 98.4 Å². The average molecular weight is 1110 g/mol. The van der Waals surface area contributed by atoms with Crippen molar-refractivity contribution in [2.75, 3.05) is 51.9 Å². The van der Waals surface area contributed by atoms with E-state index in [1.807, 2.05) is 76.2 Å². The van der Waals surface area contributed by atoms with Crippen molar-refractivity contribution in [3.63, 3.8) is 0 Å². The number of nitrogens with zero attached hydrogens (tertiary/aromatic N) is 9. The molecule has 4 aromatic heterocycles. The van der Waals surface area contributed by atoms with Gasteiger partial charge in [-0.1, -0.05) is 67.6 Å². The highest BCUT2D eigenvalue weighted by Gasteiger charge is 2.43. The number of ether oxygens (including phenoxy) is 3. The van der Waals surface area contributed by atoms with E-state index < -0.39 is 30.1 Å². The molecule has 80 heavy (non-hydrogen) atoms. The summed E-state index contributed by atoms with van der Waals surface area (Å²) < 4.78 is 36.5. The van der Waals surface area contributed by atoms with Crippen LogP contribution < -0.4 is 25.0 Å². The molecule has 1 aliphatic carbocycles. The Balaban J connectivity index is 0.872. The summed E-state index contributed by atoms with van der Waals surface area (Å²) >= 11 is 1.54. The van der Waals surface area contributed by atoms with Crippen molar-refractivity contribution in [1.82, 2.24) is 55.7 Å². The standard InChI is InChI=1S/C59H67FN12O7S/c1-31(2)53(58(76)71-25-41(74)20-49(71)57(75)64-48(27-73)38-14-16-39(17-15-38)55-34(5)62-30-80-55)72-26-47(68-69-72)37-10-8-35(9-11-37)29-78-54-51(50-33(4)45(60)22-46-44(50)24-63-67-46)42(36-12-13-36)21-43-52(54)65-59(79-28-32(3)77-7)66-56(43)70(6)40-18-19-61-23-40/h8-11,14-17,21-22,24,26,30-32,36,40-41,48-49,53,61,73-74H,12-13,18-20,23,25,27-29H2,1-7H3,(H,63,67)(H,64,75)/t32-,40-,41+,48-,49-,53-/m0/s1. The predicted octanol–water partition coefficient (Wildman–Crippen LogP) is 7.99. The van der Waals surface area contributed by atoms with Crippen LogP contribution in [0.5, 0.6) is 11.8 Å². The van der Waals surface area contributed by atoms with Crippen LogP contribution in [0.15, 0.2) is 78.6 Å². The minimum atomic E-state index is -0.982. The second-order valence-corrected chi connectivity index (χ2v) is 22.6. The summed E-state index contributed by atoms with van der Waals surface area (Å²) in [4.78, 5) is 47.8. The molecule has 19 nitrogen and oxygen atoms in total. The molecular formula is C59H67FN12O7S. The van der Waals surface area contributed by atoms with E-state index in [0.717, 1.165) is 81.5 Å². The lowest BCUT2D eigenvalue weighted by atomic mass is 9.88. The minimum Gasteiger partial charge on any atom is -0.486 e. The highest BCUT2D eigenvalue weighted by molar-refractivity contribution is 7.13. The molecule has 11 rings (SSSR count). The number of amides is 2. The number of aliphatic hydroxyl groups excluding tert-OH is 2. The van der Waals surface area contributed by atoms with Crippen molar-refractivity contribution < 1.29 is 38.4 Å². The highest BCUT2D eigenvalue weighted by Crippen LogP contribution is 2.53. The molecule has 418 valence electrons. The Kier molecular flexibility index (Phi) is 15.7. The molecule has 6 atom stereocenters. The number of aryl methyl sites for hydroxylation is 1. The van der Waals surface area contributed by atoms with E-state index in [4.69, 9.17) is 24.2 Å². The zero-order chi connectivity index (χ0) is 55.9. The maximum absolute atomic E-state index is 16.1. The number of fused-ring (bicyclic) bond motifs is 2. The number of H-pyrrole nitrogens is 1. The number of carbonyl (C=O) groups is 2. The number of hydrogen-bond donors (Lipinski definition) is 5. The highest BCUT2D eigenvalue weighted by atomic mass is 32.1. The minimum absolute atomic E-state index is 0.0401. The van der Waals surface area contributed by atoms with Crippen LogP contribution in [-0.4, -0.2) is 138 Å². The number of aliphatic hydroxyl groups is 2. The van der Waals surface area contributed by atoms with E-state index in [0.29, 0.717) is 45.0 Å². The summed E-state index contributed by atoms with van der Waals surface area (Å²) in [6, 6.07) is 16.7. The van der Waals surface area contributed by atoms with Crippen molar-refractivity contribution in [1.29, 1.82) is 0 Å². The fourth-order valence-corrected chi connectivity index (χ4v) is 12.0. The van der Waals surface area contributed by atoms with Crippen molar-refractivity contribution in [2.45, 2.75) is 109 Å². The Hall–Kier alpha value is -7.43. The maximum Gasteiger partial charge on any atom is 0.319 e. The van der Waals surface area contributed by atoms with Crippen LogP contribution in [0.25, 0.3) is 54.6 Å². The van der Waals surface area contributed by atoms with Crippen LogP contribution >= 0.6 is 11.3 Å². The normalized spacial score (nSPS) is 18.5. The molecule has 21 heteroatoms. The maximum atomic E-state index is 16.1. The lowest BCUT2D eigenvalue weighted by Gasteiger charge is -2.30. The molecule has 0 unspecified atom stereocenters. The number of nitrogens with one attached hydrogen (secondary N) is 3. The van der Waals surface area contributed by atoms with Crippen LogP contribution in [0.3, 0.4) is 0 Å². The summed E-state index contributed by atoms with van der Waals surface area (Å²) in [7, 11) is 3.68. The van der Waals surface area contributed by atoms with Crippen molar-refractivity contribution in [3.05, 3.63) is 112 Å². The number of thiazole rings is 1. The SMILES string of the molecule is CO[C@@H](C)COc1nc(N(C)[C@H]2CCNC2)c2cc(C3CC3)c(-c3c(C)c(F)cc4[nH]ncc34)c(OCc3ccc(-c4cn([C@H](C(=O)N5C[C@H](O)C[C@H]5C(=O)N[C@@H](CO)c5ccc(-c6scnc6C)cc5)C(C)C)nn4)cc3)c2n1. The van der Waals surface area contributed by atoms with Gasteiger partial charge in [-0.25, -0.2) is 14.1 Å². The lowest BCUT2D eigenvalue weighted by Crippen LogP contribution is -2.50. The van der Waals surface area contributed by atoms with Gasteiger partial charge in [-0.3, -0.25) is 14.7 Å². The number of halogens is 1. The molecule has 3 fully saturated rings. The Morgan fingerprint density at radius 1 is 0.988 bits per heavy atom. The average Bonchev–Trinajstić information content (AvgIpc) is 3.62. The van der Waals surface area contributed by atoms with E-state index in [1.165, 1.54) is 27.0 Å². The number of likely N-dealkylation sites (tertiary alicyclic amines) is 1. The first-order valence-electron chi connectivity index (χ1n) is 27.3. The number of anilines is 1. The molecule has 0 bridgehead atoms.